The van der Waals surface area contributed by atoms with Crippen molar-refractivity contribution in [1.82, 2.24) is 5.32 Å². The van der Waals surface area contributed by atoms with Gasteiger partial charge in [0.1, 0.15) is 0 Å². The standard InChI is InChI=1S/C14H23NOS/c1-12-4-2-7-14(16,10-12)11-15-8-6-13-5-3-9-17-13/h3,5,9,12,15-16H,2,4,6-8,10-11H2,1H3. The second-order valence-corrected chi connectivity index (χ2v) is 6.46. The van der Waals surface area contributed by atoms with E-state index in [2.05, 4.69) is 29.8 Å². The molecule has 1 fully saturated rings. The number of hydrogen-bond acceptors (Lipinski definition) is 3. The zero-order valence-electron chi connectivity index (χ0n) is 10.6. The monoisotopic (exact) mass is 253 g/mol. The van der Waals surface area contributed by atoms with Crippen LogP contribution in [0.2, 0.25) is 0 Å². The van der Waals surface area contributed by atoms with Crippen molar-refractivity contribution in [3.63, 3.8) is 0 Å². The summed E-state index contributed by atoms with van der Waals surface area (Å²) in [6.45, 7) is 3.97. The summed E-state index contributed by atoms with van der Waals surface area (Å²) < 4.78 is 0. The summed E-state index contributed by atoms with van der Waals surface area (Å²) in [6, 6.07) is 4.26. The third-order valence-electron chi connectivity index (χ3n) is 3.65. The Kier molecular flexibility index (Phi) is 4.60. The van der Waals surface area contributed by atoms with Gasteiger partial charge in [-0.05, 0) is 36.6 Å². The van der Waals surface area contributed by atoms with Crippen LogP contribution in [0.1, 0.15) is 37.5 Å². The first kappa shape index (κ1) is 13.1. The third kappa shape index (κ3) is 4.09. The Bertz CT molecular complexity index is 325. The first-order valence-corrected chi connectivity index (χ1v) is 7.51. The largest absolute Gasteiger partial charge is 0.389 e. The molecule has 0 saturated heterocycles. The first-order chi connectivity index (χ1) is 8.18. The van der Waals surface area contributed by atoms with Crippen LogP contribution >= 0.6 is 11.3 Å². The highest BCUT2D eigenvalue weighted by Crippen LogP contribution is 2.31. The Balaban J connectivity index is 1.67. The second-order valence-electron chi connectivity index (χ2n) is 5.43. The Morgan fingerprint density at radius 1 is 1.59 bits per heavy atom. The van der Waals surface area contributed by atoms with Crippen molar-refractivity contribution >= 4 is 11.3 Å². The van der Waals surface area contributed by atoms with Gasteiger partial charge in [0.15, 0.2) is 0 Å². The van der Waals surface area contributed by atoms with Gasteiger partial charge in [-0.1, -0.05) is 25.8 Å². The molecule has 0 spiro atoms. The number of rotatable bonds is 5. The fourth-order valence-electron chi connectivity index (χ4n) is 2.78. The van der Waals surface area contributed by atoms with Crippen LogP contribution in [0.15, 0.2) is 17.5 Å². The summed E-state index contributed by atoms with van der Waals surface area (Å²) in [5.74, 6) is 0.674. The summed E-state index contributed by atoms with van der Waals surface area (Å²) in [4.78, 5) is 1.42. The molecule has 2 atom stereocenters. The van der Waals surface area contributed by atoms with Gasteiger partial charge in [-0.2, -0.15) is 0 Å². The second kappa shape index (κ2) is 5.98. The quantitative estimate of drug-likeness (QED) is 0.791. The Morgan fingerprint density at radius 3 is 3.18 bits per heavy atom. The molecule has 0 bridgehead atoms. The normalized spacial score (nSPS) is 29.4. The summed E-state index contributed by atoms with van der Waals surface area (Å²) in [5, 5.41) is 16.0. The molecule has 2 nitrogen and oxygen atoms in total. The number of aliphatic hydroxyl groups is 1. The maximum Gasteiger partial charge on any atom is 0.0774 e. The van der Waals surface area contributed by atoms with Gasteiger partial charge in [0.2, 0.25) is 0 Å². The van der Waals surface area contributed by atoms with Crippen molar-refractivity contribution in [3.8, 4) is 0 Å². The average Bonchev–Trinajstić information content (AvgIpc) is 2.77. The molecule has 0 radical (unpaired) electrons. The molecule has 2 rings (SSSR count). The van der Waals surface area contributed by atoms with E-state index in [-0.39, 0.29) is 0 Å². The minimum Gasteiger partial charge on any atom is -0.389 e. The molecule has 0 amide bonds. The summed E-state index contributed by atoms with van der Waals surface area (Å²) >= 11 is 1.81. The van der Waals surface area contributed by atoms with Crippen LogP contribution < -0.4 is 5.32 Å². The highest BCUT2D eigenvalue weighted by Gasteiger charge is 2.31. The van der Waals surface area contributed by atoms with Gasteiger partial charge in [-0.3, -0.25) is 0 Å². The molecular formula is C14H23NOS. The van der Waals surface area contributed by atoms with Crippen LogP contribution in [-0.2, 0) is 6.42 Å². The van der Waals surface area contributed by atoms with Crippen LogP contribution in [0.4, 0.5) is 0 Å². The maximum atomic E-state index is 10.4. The van der Waals surface area contributed by atoms with Crippen molar-refractivity contribution in [3.05, 3.63) is 22.4 Å². The van der Waals surface area contributed by atoms with Gasteiger partial charge in [0, 0.05) is 18.0 Å². The number of thiophene rings is 1. The van der Waals surface area contributed by atoms with Crippen molar-refractivity contribution in [1.29, 1.82) is 0 Å². The number of nitrogens with one attached hydrogen (secondary N) is 1. The molecule has 1 heterocycles. The highest BCUT2D eigenvalue weighted by molar-refractivity contribution is 7.09. The Hall–Kier alpha value is -0.380. The molecule has 96 valence electrons. The van der Waals surface area contributed by atoms with E-state index in [1.54, 1.807) is 11.3 Å². The Morgan fingerprint density at radius 2 is 2.47 bits per heavy atom. The first-order valence-electron chi connectivity index (χ1n) is 6.63. The third-order valence-corrected chi connectivity index (χ3v) is 4.59. The lowest BCUT2D eigenvalue weighted by atomic mass is 9.79. The van der Waals surface area contributed by atoms with Crippen molar-refractivity contribution in [2.45, 2.75) is 44.6 Å². The molecule has 1 aromatic rings. The minimum atomic E-state index is -0.451. The molecule has 1 aliphatic carbocycles. The van der Waals surface area contributed by atoms with E-state index in [4.69, 9.17) is 0 Å². The van der Waals surface area contributed by atoms with E-state index < -0.39 is 5.60 Å². The molecule has 1 aromatic heterocycles. The fourth-order valence-corrected chi connectivity index (χ4v) is 3.49. The smallest absolute Gasteiger partial charge is 0.0774 e. The van der Waals surface area contributed by atoms with Gasteiger partial charge in [0.05, 0.1) is 5.60 Å². The molecule has 0 aromatic carbocycles. The number of hydrogen-bond donors (Lipinski definition) is 2. The summed E-state index contributed by atoms with van der Waals surface area (Å²) in [6.07, 6.45) is 5.44. The van der Waals surface area contributed by atoms with E-state index in [9.17, 15) is 5.11 Å². The van der Waals surface area contributed by atoms with Crippen molar-refractivity contribution < 1.29 is 5.11 Å². The molecule has 1 saturated carbocycles. The predicted octanol–water partition coefficient (Wildman–Crippen LogP) is 2.82. The minimum absolute atomic E-state index is 0.451. The van der Waals surface area contributed by atoms with Crippen LogP contribution in [0, 0.1) is 5.92 Å². The van der Waals surface area contributed by atoms with Crippen molar-refractivity contribution in [2.24, 2.45) is 5.92 Å². The van der Waals surface area contributed by atoms with Gasteiger partial charge in [-0.15, -0.1) is 11.3 Å². The zero-order valence-corrected chi connectivity index (χ0v) is 11.4. The van der Waals surface area contributed by atoms with E-state index in [1.807, 2.05) is 0 Å². The van der Waals surface area contributed by atoms with Crippen LogP contribution in [0.5, 0.6) is 0 Å². The molecular weight excluding hydrogens is 230 g/mol. The lowest BCUT2D eigenvalue weighted by Gasteiger charge is -2.35. The Labute approximate surface area is 108 Å². The van der Waals surface area contributed by atoms with E-state index in [0.717, 1.165) is 32.4 Å². The molecule has 17 heavy (non-hydrogen) atoms. The van der Waals surface area contributed by atoms with Gasteiger partial charge < -0.3 is 10.4 Å². The average molecular weight is 253 g/mol. The van der Waals surface area contributed by atoms with E-state index in [1.165, 1.54) is 17.7 Å². The van der Waals surface area contributed by atoms with Gasteiger partial charge in [-0.25, -0.2) is 0 Å². The lowest BCUT2D eigenvalue weighted by molar-refractivity contribution is -0.0114. The summed E-state index contributed by atoms with van der Waals surface area (Å²) in [7, 11) is 0. The molecule has 2 unspecified atom stereocenters. The highest BCUT2D eigenvalue weighted by atomic mass is 32.1. The SMILES string of the molecule is CC1CCCC(O)(CNCCc2cccs2)C1. The van der Waals surface area contributed by atoms with Crippen LogP contribution in [0.3, 0.4) is 0 Å². The van der Waals surface area contributed by atoms with E-state index in [0.29, 0.717) is 5.92 Å². The summed E-state index contributed by atoms with van der Waals surface area (Å²) in [5.41, 5.74) is -0.451. The van der Waals surface area contributed by atoms with Crippen LogP contribution in [-0.4, -0.2) is 23.8 Å². The zero-order chi connectivity index (χ0) is 12.1. The van der Waals surface area contributed by atoms with Crippen LogP contribution in [0.25, 0.3) is 0 Å². The molecule has 3 heteroatoms. The lowest BCUT2D eigenvalue weighted by Crippen LogP contribution is -2.44. The van der Waals surface area contributed by atoms with Gasteiger partial charge >= 0.3 is 0 Å². The van der Waals surface area contributed by atoms with Crippen molar-refractivity contribution in [2.75, 3.05) is 13.1 Å². The molecule has 0 aliphatic heterocycles. The maximum absolute atomic E-state index is 10.4. The van der Waals surface area contributed by atoms with E-state index >= 15 is 0 Å². The predicted molar refractivity (Wildman–Crippen MR) is 73.5 cm³/mol. The molecule has 1 aliphatic rings. The molecule has 2 N–H and O–H groups in total. The van der Waals surface area contributed by atoms with Gasteiger partial charge in [0.25, 0.3) is 0 Å². The fraction of sp³-hybridized carbons (Fsp3) is 0.714. The topological polar surface area (TPSA) is 32.3 Å².